The Balaban J connectivity index is 3.00. The molecule has 17 heavy (non-hydrogen) atoms. The monoisotopic (exact) mass is 232 g/mol. The summed E-state index contributed by atoms with van der Waals surface area (Å²) in [5.41, 5.74) is 3.02. The molecule has 0 fully saturated rings. The molecule has 0 heterocycles. The molecule has 0 saturated carbocycles. The van der Waals surface area contributed by atoms with E-state index in [0.717, 1.165) is 12.1 Å². The predicted molar refractivity (Wildman–Crippen MR) is 70.3 cm³/mol. The average molecular weight is 232 g/mol. The molecule has 1 atom stereocenters. The van der Waals surface area contributed by atoms with Gasteiger partial charge < -0.3 is 9.64 Å². The van der Waals surface area contributed by atoms with Crippen molar-refractivity contribution in [3.8, 4) is 6.07 Å². The Bertz CT molecular complexity index is 409. The fourth-order valence-corrected chi connectivity index (χ4v) is 2.10. The van der Waals surface area contributed by atoms with Gasteiger partial charge in [-0.15, -0.1) is 0 Å². The van der Waals surface area contributed by atoms with E-state index >= 15 is 0 Å². The predicted octanol–water partition coefficient (Wildman–Crippen LogP) is 2.73. The van der Waals surface area contributed by atoms with Gasteiger partial charge in [0.15, 0.2) is 0 Å². The van der Waals surface area contributed by atoms with E-state index in [9.17, 15) is 0 Å². The van der Waals surface area contributed by atoms with Crippen molar-refractivity contribution in [2.24, 2.45) is 0 Å². The van der Waals surface area contributed by atoms with Crippen LogP contribution in [0.2, 0.25) is 0 Å². The largest absolute Gasteiger partial charge is 0.383 e. The number of methoxy groups -OCH3 is 1. The maximum absolute atomic E-state index is 8.86. The summed E-state index contributed by atoms with van der Waals surface area (Å²) in [5.74, 6) is 0. The van der Waals surface area contributed by atoms with E-state index in [1.165, 1.54) is 5.69 Å². The summed E-state index contributed by atoms with van der Waals surface area (Å²) < 4.78 is 5.20. The van der Waals surface area contributed by atoms with Crippen molar-refractivity contribution < 1.29 is 4.74 Å². The lowest BCUT2D eigenvalue weighted by atomic mass is 10.1. The molecule has 0 amide bonds. The molecule has 0 spiro atoms. The molecule has 0 saturated heterocycles. The number of hydrogen-bond donors (Lipinski definition) is 0. The number of aryl methyl sites for hydroxylation is 1. The first kappa shape index (κ1) is 13.5. The first-order chi connectivity index (χ1) is 8.13. The molecule has 0 aliphatic rings. The van der Waals surface area contributed by atoms with Gasteiger partial charge in [0.05, 0.1) is 18.2 Å². The Morgan fingerprint density at radius 2 is 2.18 bits per heavy atom. The molecular weight excluding hydrogens is 212 g/mol. The molecule has 0 aromatic heterocycles. The summed E-state index contributed by atoms with van der Waals surface area (Å²) in [6.07, 6.45) is 0. The van der Waals surface area contributed by atoms with Gasteiger partial charge in [0.1, 0.15) is 0 Å². The first-order valence-corrected chi connectivity index (χ1v) is 5.90. The van der Waals surface area contributed by atoms with E-state index in [0.29, 0.717) is 18.2 Å². The van der Waals surface area contributed by atoms with E-state index in [-0.39, 0.29) is 0 Å². The highest BCUT2D eigenvalue weighted by Gasteiger charge is 2.14. The molecule has 1 aromatic rings. The fourth-order valence-electron chi connectivity index (χ4n) is 2.10. The third-order valence-corrected chi connectivity index (χ3v) is 2.92. The highest BCUT2D eigenvalue weighted by molar-refractivity contribution is 5.56. The summed E-state index contributed by atoms with van der Waals surface area (Å²) in [6.45, 7) is 7.94. The third kappa shape index (κ3) is 3.21. The van der Waals surface area contributed by atoms with Gasteiger partial charge in [-0.3, -0.25) is 0 Å². The molecule has 0 bridgehead atoms. The van der Waals surface area contributed by atoms with Crippen LogP contribution >= 0.6 is 0 Å². The summed E-state index contributed by atoms with van der Waals surface area (Å²) >= 11 is 0. The molecular formula is C14H20N2O. The van der Waals surface area contributed by atoms with Crippen LogP contribution in [0.25, 0.3) is 0 Å². The van der Waals surface area contributed by atoms with Crippen molar-refractivity contribution in [2.75, 3.05) is 25.2 Å². The summed E-state index contributed by atoms with van der Waals surface area (Å²) in [6, 6.07) is 8.30. The molecule has 1 aromatic carbocycles. The minimum absolute atomic E-state index is 0.330. The smallest absolute Gasteiger partial charge is 0.0991 e. The van der Waals surface area contributed by atoms with Crippen LogP contribution in [0.1, 0.15) is 25.0 Å². The lowest BCUT2D eigenvalue weighted by molar-refractivity contribution is 0.182. The van der Waals surface area contributed by atoms with Crippen molar-refractivity contribution in [3.63, 3.8) is 0 Å². The second-order valence-electron chi connectivity index (χ2n) is 4.20. The molecule has 3 heteroatoms. The molecule has 0 radical (unpaired) electrons. The highest BCUT2D eigenvalue weighted by atomic mass is 16.5. The van der Waals surface area contributed by atoms with Crippen molar-refractivity contribution in [2.45, 2.75) is 26.8 Å². The van der Waals surface area contributed by atoms with E-state index in [2.05, 4.69) is 24.8 Å². The van der Waals surface area contributed by atoms with Gasteiger partial charge >= 0.3 is 0 Å². The second-order valence-corrected chi connectivity index (χ2v) is 4.20. The van der Waals surface area contributed by atoms with Crippen LogP contribution in [0.3, 0.4) is 0 Å². The molecule has 1 rings (SSSR count). The molecule has 0 N–H and O–H groups in total. The van der Waals surface area contributed by atoms with Gasteiger partial charge in [-0.1, -0.05) is 0 Å². The van der Waals surface area contributed by atoms with Crippen LogP contribution in [0.4, 0.5) is 5.69 Å². The number of benzene rings is 1. The number of ether oxygens (including phenoxy) is 1. The zero-order chi connectivity index (χ0) is 12.8. The van der Waals surface area contributed by atoms with Gasteiger partial charge in [-0.05, 0) is 44.5 Å². The molecule has 92 valence electrons. The molecule has 0 aliphatic heterocycles. The Morgan fingerprint density at radius 3 is 2.65 bits per heavy atom. The number of rotatable bonds is 5. The number of nitrogens with zero attached hydrogens (tertiary/aromatic N) is 2. The highest BCUT2D eigenvalue weighted by Crippen LogP contribution is 2.23. The van der Waals surface area contributed by atoms with Gasteiger partial charge in [0.2, 0.25) is 0 Å². The Kier molecular flexibility index (Phi) is 4.99. The van der Waals surface area contributed by atoms with E-state index in [1.807, 2.05) is 25.1 Å². The number of hydrogen-bond acceptors (Lipinski definition) is 3. The lowest BCUT2D eigenvalue weighted by Gasteiger charge is -2.31. The average Bonchev–Trinajstić information content (AvgIpc) is 2.32. The topological polar surface area (TPSA) is 36.3 Å². The maximum Gasteiger partial charge on any atom is 0.0991 e. The van der Waals surface area contributed by atoms with Gasteiger partial charge in [0, 0.05) is 25.4 Å². The van der Waals surface area contributed by atoms with Crippen molar-refractivity contribution in [1.29, 1.82) is 5.26 Å². The number of anilines is 1. The maximum atomic E-state index is 8.86. The van der Waals surface area contributed by atoms with Gasteiger partial charge in [0.25, 0.3) is 0 Å². The van der Waals surface area contributed by atoms with E-state index in [1.54, 1.807) is 7.11 Å². The fraction of sp³-hybridized carbons (Fsp3) is 0.500. The molecule has 1 unspecified atom stereocenters. The standard InChI is InChI=1S/C14H20N2O/c1-5-16(12(3)10-17-4)14-7-6-13(9-15)8-11(14)2/h6-8,12H,5,10H2,1-4H3. The summed E-state index contributed by atoms with van der Waals surface area (Å²) in [4.78, 5) is 2.29. The third-order valence-electron chi connectivity index (χ3n) is 2.92. The van der Waals surface area contributed by atoms with Crippen LogP contribution in [-0.2, 0) is 4.74 Å². The van der Waals surface area contributed by atoms with Crippen molar-refractivity contribution in [1.82, 2.24) is 0 Å². The molecule has 0 aliphatic carbocycles. The van der Waals surface area contributed by atoms with Crippen LogP contribution in [0.5, 0.6) is 0 Å². The Hall–Kier alpha value is -1.53. The van der Waals surface area contributed by atoms with Gasteiger partial charge in [-0.2, -0.15) is 5.26 Å². The quantitative estimate of drug-likeness (QED) is 0.783. The Morgan fingerprint density at radius 1 is 1.47 bits per heavy atom. The first-order valence-electron chi connectivity index (χ1n) is 5.90. The van der Waals surface area contributed by atoms with Gasteiger partial charge in [-0.25, -0.2) is 0 Å². The number of likely N-dealkylation sites (N-methyl/N-ethyl adjacent to an activating group) is 1. The van der Waals surface area contributed by atoms with Crippen molar-refractivity contribution >= 4 is 5.69 Å². The summed E-state index contributed by atoms with van der Waals surface area (Å²) in [5, 5.41) is 8.86. The van der Waals surface area contributed by atoms with Crippen LogP contribution in [0.15, 0.2) is 18.2 Å². The normalized spacial score (nSPS) is 11.9. The van der Waals surface area contributed by atoms with Crippen LogP contribution in [0, 0.1) is 18.3 Å². The van der Waals surface area contributed by atoms with E-state index < -0.39 is 0 Å². The van der Waals surface area contributed by atoms with Crippen LogP contribution in [-0.4, -0.2) is 26.3 Å². The van der Waals surface area contributed by atoms with E-state index in [4.69, 9.17) is 10.00 Å². The zero-order valence-electron chi connectivity index (χ0n) is 11.0. The summed E-state index contributed by atoms with van der Waals surface area (Å²) in [7, 11) is 1.72. The minimum Gasteiger partial charge on any atom is -0.383 e. The van der Waals surface area contributed by atoms with Crippen LogP contribution < -0.4 is 4.90 Å². The lowest BCUT2D eigenvalue weighted by Crippen LogP contribution is -2.36. The minimum atomic E-state index is 0.330. The molecule has 3 nitrogen and oxygen atoms in total. The van der Waals surface area contributed by atoms with Crippen molar-refractivity contribution in [3.05, 3.63) is 29.3 Å². The zero-order valence-corrected chi connectivity index (χ0v) is 11.0. The Labute approximate surface area is 104 Å². The second kappa shape index (κ2) is 6.27. The SMILES string of the molecule is CCN(c1ccc(C#N)cc1C)C(C)COC. The number of nitriles is 1.